The smallest absolute Gasteiger partial charge is 0.243 e. The molecular weight excluding hydrogens is 286 g/mol. The highest BCUT2D eigenvalue weighted by atomic mass is 32.2. The molecule has 0 radical (unpaired) electrons. The van der Waals surface area contributed by atoms with E-state index in [9.17, 15) is 17.2 Å². The molecule has 2 N–H and O–H groups in total. The number of halogens is 2. The summed E-state index contributed by atoms with van der Waals surface area (Å²) in [6.07, 6.45) is 0. The summed E-state index contributed by atoms with van der Waals surface area (Å²) in [5, 5.41) is 0. The number of hydrogen-bond donors (Lipinski definition) is 1. The van der Waals surface area contributed by atoms with Gasteiger partial charge in [0.05, 0.1) is 4.90 Å². The lowest BCUT2D eigenvalue weighted by atomic mass is 9.94. The van der Waals surface area contributed by atoms with Crippen molar-refractivity contribution in [1.82, 2.24) is 4.31 Å². The molecule has 0 heterocycles. The number of nitrogens with two attached hydrogens (primary N) is 1. The van der Waals surface area contributed by atoms with Crippen LogP contribution in [0.1, 0.15) is 20.8 Å². The summed E-state index contributed by atoms with van der Waals surface area (Å²) in [6.45, 7) is 6.12. The molecule has 0 bridgehead atoms. The molecule has 1 rings (SSSR count). The van der Waals surface area contributed by atoms with Crippen LogP contribution in [0, 0.1) is 17.0 Å². The predicted molar refractivity (Wildman–Crippen MR) is 73.6 cm³/mol. The van der Waals surface area contributed by atoms with Gasteiger partial charge < -0.3 is 5.73 Å². The number of benzene rings is 1. The first-order chi connectivity index (χ1) is 9.14. The summed E-state index contributed by atoms with van der Waals surface area (Å²) in [5.41, 5.74) is 5.20. The maximum Gasteiger partial charge on any atom is 0.243 e. The van der Waals surface area contributed by atoms with Crippen LogP contribution in [-0.4, -0.2) is 32.4 Å². The minimum absolute atomic E-state index is 0.210. The lowest BCUT2D eigenvalue weighted by molar-refractivity contribution is 0.273. The van der Waals surface area contributed by atoms with E-state index < -0.39 is 27.1 Å². The summed E-state index contributed by atoms with van der Waals surface area (Å²) < 4.78 is 52.1. The van der Waals surface area contributed by atoms with Crippen molar-refractivity contribution in [2.24, 2.45) is 11.1 Å². The van der Waals surface area contributed by atoms with Crippen LogP contribution >= 0.6 is 0 Å². The molecule has 0 spiro atoms. The van der Waals surface area contributed by atoms with Crippen molar-refractivity contribution in [1.29, 1.82) is 0 Å². The molecule has 4 nitrogen and oxygen atoms in total. The van der Waals surface area contributed by atoms with E-state index in [1.807, 2.05) is 13.8 Å². The topological polar surface area (TPSA) is 63.4 Å². The summed E-state index contributed by atoms with van der Waals surface area (Å²) in [7, 11) is -3.86. The van der Waals surface area contributed by atoms with Crippen molar-refractivity contribution < 1.29 is 17.2 Å². The molecule has 0 fully saturated rings. The second-order valence-corrected chi connectivity index (χ2v) is 7.31. The van der Waals surface area contributed by atoms with Gasteiger partial charge in [-0.25, -0.2) is 17.2 Å². The van der Waals surface area contributed by atoms with Gasteiger partial charge in [-0.15, -0.1) is 0 Å². The van der Waals surface area contributed by atoms with Crippen molar-refractivity contribution in [3.05, 3.63) is 29.8 Å². The van der Waals surface area contributed by atoms with E-state index in [0.29, 0.717) is 12.6 Å². The monoisotopic (exact) mass is 306 g/mol. The van der Waals surface area contributed by atoms with E-state index in [0.717, 1.165) is 12.1 Å². The zero-order valence-corrected chi connectivity index (χ0v) is 12.7. The molecule has 0 amide bonds. The molecule has 1 aromatic rings. The molecule has 0 aliphatic heterocycles. The Morgan fingerprint density at radius 3 is 2.30 bits per heavy atom. The maximum absolute atomic E-state index is 13.2. The largest absolute Gasteiger partial charge is 0.330 e. The Morgan fingerprint density at radius 1 is 1.25 bits per heavy atom. The molecular formula is C13H20F2N2O2S. The Bertz CT molecular complexity index is 574. The Kier molecular flexibility index (Phi) is 5.23. The average molecular weight is 306 g/mol. The zero-order valence-electron chi connectivity index (χ0n) is 11.9. The van der Waals surface area contributed by atoms with Gasteiger partial charge in [0.2, 0.25) is 10.0 Å². The van der Waals surface area contributed by atoms with Gasteiger partial charge >= 0.3 is 0 Å². The summed E-state index contributed by atoms with van der Waals surface area (Å²) in [5.74, 6) is -2.26. The van der Waals surface area contributed by atoms with Crippen molar-refractivity contribution in [2.75, 3.05) is 19.6 Å². The van der Waals surface area contributed by atoms with Crippen LogP contribution in [0.3, 0.4) is 0 Å². The van der Waals surface area contributed by atoms with Gasteiger partial charge in [0.15, 0.2) is 11.6 Å². The zero-order chi connectivity index (χ0) is 15.6. The van der Waals surface area contributed by atoms with Gasteiger partial charge in [-0.1, -0.05) is 20.8 Å². The van der Waals surface area contributed by atoms with E-state index in [2.05, 4.69) is 0 Å². The molecule has 0 aromatic heterocycles. The van der Waals surface area contributed by atoms with Crippen molar-refractivity contribution in [3.63, 3.8) is 0 Å². The Hall–Kier alpha value is -1.05. The summed E-state index contributed by atoms with van der Waals surface area (Å²) in [6, 6.07) is 2.57. The SMILES string of the molecule is CCN(CC(C)(C)CN)S(=O)(=O)c1ccc(F)c(F)c1. The van der Waals surface area contributed by atoms with E-state index in [-0.39, 0.29) is 18.0 Å². The molecule has 0 saturated carbocycles. The molecule has 0 unspecified atom stereocenters. The summed E-state index contributed by atoms with van der Waals surface area (Å²) in [4.78, 5) is -0.258. The van der Waals surface area contributed by atoms with Crippen LogP contribution in [0.15, 0.2) is 23.1 Å². The van der Waals surface area contributed by atoms with Gasteiger partial charge in [-0.05, 0) is 30.2 Å². The van der Waals surface area contributed by atoms with E-state index in [1.54, 1.807) is 6.92 Å². The molecule has 114 valence electrons. The number of hydrogen-bond acceptors (Lipinski definition) is 3. The first kappa shape index (κ1) is 17.0. The molecule has 20 heavy (non-hydrogen) atoms. The molecule has 0 aliphatic carbocycles. The molecule has 7 heteroatoms. The lowest BCUT2D eigenvalue weighted by Gasteiger charge is -2.30. The second-order valence-electron chi connectivity index (χ2n) is 5.38. The predicted octanol–water partition coefficient (Wildman–Crippen LogP) is 1.96. The third-order valence-corrected chi connectivity index (χ3v) is 4.96. The van der Waals surface area contributed by atoms with E-state index >= 15 is 0 Å². The minimum Gasteiger partial charge on any atom is -0.330 e. The minimum atomic E-state index is -3.86. The third-order valence-electron chi connectivity index (χ3n) is 3.04. The number of nitrogens with zero attached hydrogens (tertiary/aromatic N) is 1. The van der Waals surface area contributed by atoms with Gasteiger partial charge in [-0.2, -0.15) is 4.31 Å². The fourth-order valence-electron chi connectivity index (χ4n) is 1.70. The fourth-order valence-corrected chi connectivity index (χ4v) is 3.34. The quantitative estimate of drug-likeness (QED) is 0.874. The molecule has 0 atom stereocenters. The first-order valence-corrected chi connectivity index (χ1v) is 7.73. The Morgan fingerprint density at radius 2 is 1.85 bits per heavy atom. The highest BCUT2D eigenvalue weighted by Crippen LogP contribution is 2.23. The van der Waals surface area contributed by atoms with Crippen LogP contribution in [0.5, 0.6) is 0 Å². The van der Waals surface area contributed by atoms with Crippen molar-refractivity contribution >= 4 is 10.0 Å². The fraction of sp³-hybridized carbons (Fsp3) is 0.538. The van der Waals surface area contributed by atoms with Gasteiger partial charge in [0.1, 0.15) is 0 Å². The highest BCUT2D eigenvalue weighted by molar-refractivity contribution is 7.89. The first-order valence-electron chi connectivity index (χ1n) is 6.29. The Labute approximate surface area is 118 Å². The number of sulfonamides is 1. The molecule has 0 saturated heterocycles. The third kappa shape index (κ3) is 3.74. The maximum atomic E-state index is 13.2. The standard InChI is InChI=1S/C13H20F2N2O2S/c1-4-17(9-13(2,3)8-16)20(18,19)10-5-6-11(14)12(15)7-10/h5-7H,4,8-9,16H2,1-3H3. The highest BCUT2D eigenvalue weighted by Gasteiger charge is 2.29. The molecule has 0 aliphatic rings. The van der Waals surface area contributed by atoms with Gasteiger partial charge in [0.25, 0.3) is 0 Å². The lowest BCUT2D eigenvalue weighted by Crippen LogP contribution is -2.41. The van der Waals surface area contributed by atoms with Crippen LogP contribution < -0.4 is 5.73 Å². The second kappa shape index (κ2) is 6.15. The number of rotatable bonds is 6. The Balaban J connectivity index is 3.15. The van der Waals surface area contributed by atoms with E-state index in [4.69, 9.17) is 5.73 Å². The summed E-state index contributed by atoms with van der Waals surface area (Å²) >= 11 is 0. The van der Waals surface area contributed by atoms with Crippen LogP contribution in [0.25, 0.3) is 0 Å². The van der Waals surface area contributed by atoms with Gasteiger partial charge in [-0.3, -0.25) is 0 Å². The molecule has 1 aromatic carbocycles. The van der Waals surface area contributed by atoms with Crippen LogP contribution in [-0.2, 0) is 10.0 Å². The van der Waals surface area contributed by atoms with Crippen molar-refractivity contribution in [2.45, 2.75) is 25.7 Å². The van der Waals surface area contributed by atoms with Crippen LogP contribution in [0.4, 0.5) is 8.78 Å². The van der Waals surface area contributed by atoms with E-state index in [1.165, 1.54) is 4.31 Å². The average Bonchev–Trinajstić information content (AvgIpc) is 2.39. The van der Waals surface area contributed by atoms with Crippen LogP contribution in [0.2, 0.25) is 0 Å². The van der Waals surface area contributed by atoms with Gasteiger partial charge in [0, 0.05) is 13.1 Å². The van der Waals surface area contributed by atoms with Crippen molar-refractivity contribution in [3.8, 4) is 0 Å². The normalized spacial score (nSPS) is 12.9.